The van der Waals surface area contributed by atoms with E-state index in [0.29, 0.717) is 31.9 Å². The maximum Gasteiger partial charge on any atom is 0.270 e. The molecule has 1 aliphatic rings. The Labute approximate surface area is 127 Å². The summed E-state index contributed by atoms with van der Waals surface area (Å²) >= 11 is 0. The van der Waals surface area contributed by atoms with Gasteiger partial charge in [0.2, 0.25) is 0 Å². The van der Waals surface area contributed by atoms with Crippen molar-refractivity contribution >= 4 is 11.6 Å². The molecule has 0 radical (unpaired) electrons. The van der Waals surface area contributed by atoms with Gasteiger partial charge in [-0.2, -0.15) is 0 Å². The van der Waals surface area contributed by atoms with Gasteiger partial charge < -0.3 is 14.7 Å². The van der Waals surface area contributed by atoms with Gasteiger partial charge in [0.05, 0.1) is 24.2 Å². The molecule has 0 atom stereocenters. The topological polar surface area (TPSA) is 92.9 Å². The minimum atomic E-state index is -0.525. The van der Waals surface area contributed by atoms with Crippen LogP contribution in [0, 0.1) is 22.0 Å². The second-order valence-electron chi connectivity index (χ2n) is 4.52. The SMILES string of the molecule is O=C(/C=C(\O)C#Cc1cccc([N+](=O)[O-])c1)N1CCOCC1. The van der Waals surface area contributed by atoms with E-state index in [2.05, 4.69) is 11.8 Å². The second kappa shape index (κ2) is 7.24. The van der Waals surface area contributed by atoms with Crippen LogP contribution in [0.4, 0.5) is 5.69 Å². The fraction of sp³-hybridized carbons (Fsp3) is 0.267. The number of benzene rings is 1. The number of aliphatic hydroxyl groups is 1. The van der Waals surface area contributed by atoms with E-state index in [1.165, 1.54) is 18.2 Å². The van der Waals surface area contributed by atoms with Gasteiger partial charge in [-0.3, -0.25) is 14.9 Å². The summed E-state index contributed by atoms with van der Waals surface area (Å²) in [6.07, 6.45) is 1.04. The van der Waals surface area contributed by atoms with Crippen LogP contribution in [0.3, 0.4) is 0 Å². The summed E-state index contributed by atoms with van der Waals surface area (Å²) in [5, 5.41) is 20.3. The first kappa shape index (κ1) is 15.5. The Morgan fingerprint density at radius 3 is 2.82 bits per heavy atom. The molecule has 1 heterocycles. The van der Waals surface area contributed by atoms with Crippen LogP contribution in [0.1, 0.15) is 5.56 Å². The molecular weight excluding hydrogens is 288 g/mol. The molecule has 1 amide bonds. The Balaban J connectivity index is 2.06. The maximum atomic E-state index is 11.8. The van der Waals surface area contributed by atoms with E-state index < -0.39 is 4.92 Å². The van der Waals surface area contributed by atoms with Crippen LogP contribution < -0.4 is 0 Å². The predicted octanol–water partition coefficient (Wildman–Crippen LogP) is 1.25. The standard InChI is InChI=1S/C15H14N2O5/c18-14(11-15(19)16-6-8-22-9-7-16)5-4-12-2-1-3-13(10-12)17(20)21/h1-3,10-11,18H,6-9H2/b14-11-. The van der Waals surface area contributed by atoms with Crippen molar-refractivity contribution in [2.24, 2.45) is 0 Å². The van der Waals surface area contributed by atoms with Crippen LogP contribution in [-0.2, 0) is 9.53 Å². The van der Waals surface area contributed by atoms with E-state index in [1.54, 1.807) is 11.0 Å². The molecule has 0 saturated carbocycles. The zero-order valence-electron chi connectivity index (χ0n) is 11.7. The second-order valence-corrected chi connectivity index (χ2v) is 4.52. The zero-order chi connectivity index (χ0) is 15.9. The maximum absolute atomic E-state index is 11.8. The van der Waals surface area contributed by atoms with Crippen molar-refractivity contribution in [1.29, 1.82) is 0 Å². The molecule has 1 aromatic carbocycles. The van der Waals surface area contributed by atoms with Crippen LogP contribution in [-0.4, -0.2) is 47.1 Å². The van der Waals surface area contributed by atoms with E-state index in [-0.39, 0.29) is 17.4 Å². The van der Waals surface area contributed by atoms with Crippen LogP contribution >= 0.6 is 0 Å². The number of morpholine rings is 1. The number of hydrogen-bond donors (Lipinski definition) is 1. The lowest BCUT2D eigenvalue weighted by Gasteiger charge is -2.25. The van der Waals surface area contributed by atoms with Gasteiger partial charge in [0.1, 0.15) is 0 Å². The van der Waals surface area contributed by atoms with Gasteiger partial charge >= 0.3 is 0 Å². The minimum absolute atomic E-state index is 0.0836. The minimum Gasteiger partial charge on any atom is -0.501 e. The summed E-state index contributed by atoms with van der Waals surface area (Å²) in [4.78, 5) is 23.5. The molecule has 2 rings (SSSR count). The molecule has 22 heavy (non-hydrogen) atoms. The third kappa shape index (κ3) is 4.33. The Kier molecular flexibility index (Phi) is 5.11. The van der Waals surface area contributed by atoms with Gasteiger partial charge in [-0.05, 0) is 12.0 Å². The number of ether oxygens (including phenoxy) is 1. The molecule has 1 N–H and O–H groups in total. The summed E-state index contributed by atoms with van der Waals surface area (Å²) in [5.74, 6) is 4.26. The summed E-state index contributed by atoms with van der Waals surface area (Å²) in [6, 6.07) is 5.73. The predicted molar refractivity (Wildman–Crippen MR) is 78.1 cm³/mol. The highest BCUT2D eigenvalue weighted by atomic mass is 16.6. The smallest absolute Gasteiger partial charge is 0.270 e. The van der Waals surface area contributed by atoms with Crippen molar-refractivity contribution in [2.75, 3.05) is 26.3 Å². The summed E-state index contributed by atoms with van der Waals surface area (Å²) in [6.45, 7) is 1.89. The number of non-ortho nitro benzene ring substituents is 1. The Morgan fingerprint density at radius 2 is 2.14 bits per heavy atom. The number of carbonyl (C=O) groups is 1. The fourth-order valence-corrected chi connectivity index (χ4v) is 1.86. The highest BCUT2D eigenvalue weighted by molar-refractivity contribution is 5.88. The van der Waals surface area contributed by atoms with Gasteiger partial charge in [-0.15, -0.1) is 0 Å². The highest BCUT2D eigenvalue weighted by Gasteiger charge is 2.15. The van der Waals surface area contributed by atoms with Crippen molar-refractivity contribution in [3.8, 4) is 11.8 Å². The van der Waals surface area contributed by atoms with Crippen molar-refractivity contribution in [1.82, 2.24) is 4.90 Å². The quantitative estimate of drug-likeness (QED) is 0.292. The molecular formula is C15H14N2O5. The van der Waals surface area contributed by atoms with E-state index in [0.717, 1.165) is 6.08 Å². The Hall–Kier alpha value is -2.85. The third-order valence-corrected chi connectivity index (χ3v) is 2.97. The number of amides is 1. The van der Waals surface area contributed by atoms with Gasteiger partial charge in [-0.1, -0.05) is 12.0 Å². The van der Waals surface area contributed by atoms with Crippen molar-refractivity contribution in [3.05, 3.63) is 51.8 Å². The molecule has 0 unspecified atom stereocenters. The number of rotatable bonds is 2. The van der Waals surface area contributed by atoms with E-state index >= 15 is 0 Å². The van der Waals surface area contributed by atoms with Crippen molar-refractivity contribution in [2.45, 2.75) is 0 Å². The van der Waals surface area contributed by atoms with Crippen LogP contribution in [0.25, 0.3) is 0 Å². The number of nitro groups is 1. The number of aliphatic hydroxyl groups excluding tert-OH is 1. The molecule has 1 aliphatic heterocycles. The Bertz CT molecular complexity index is 666. The molecule has 1 aromatic rings. The largest absolute Gasteiger partial charge is 0.501 e. The number of nitro benzene ring substituents is 1. The molecule has 0 aliphatic carbocycles. The first-order valence-electron chi connectivity index (χ1n) is 6.60. The zero-order valence-corrected chi connectivity index (χ0v) is 11.7. The molecule has 0 bridgehead atoms. The third-order valence-electron chi connectivity index (χ3n) is 2.97. The van der Waals surface area contributed by atoms with E-state index in [4.69, 9.17) is 4.74 Å². The van der Waals surface area contributed by atoms with Gasteiger partial charge in [0.15, 0.2) is 5.76 Å². The molecule has 0 spiro atoms. The Morgan fingerprint density at radius 1 is 1.41 bits per heavy atom. The van der Waals surface area contributed by atoms with Crippen LogP contribution in [0.5, 0.6) is 0 Å². The fourth-order valence-electron chi connectivity index (χ4n) is 1.86. The lowest BCUT2D eigenvalue weighted by molar-refractivity contribution is -0.384. The van der Waals surface area contributed by atoms with E-state index in [1.807, 2.05) is 0 Å². The number of nitrogens with zero attached hydrogens (tertiary/aromatic N) is 2. The van der Waals surface area contributed by atoms with Crippen LogP contribution in [0.15, 0.2) is 36.1 Å². The number of carbonyl (C=O) groups excluding carboxylic acids is 1. The molecule has 7 heteroatoms. The lowest BCUT2D eigenvalue weighted by Crippen LogP contribution is -2.39. The summed E-state index contributed by atoms with van der Waals surface area (Å²) in [7, 11) is 0. The molecule has 114 valence electrons. The van der Waals surface area contributed by atoms with Gasteiger partial charge in [-0.25, -0.2) is 0 Å². The van der Waals surface area contributed by atoms with Crippen LogP contribution in [0.2, 0.25) is 0 Å². The van der Waals surface area contributed by atoms with Gasteiger partial charge in [0, 0.05) is 30.8 Å². The number of allylic oxidation sites excluding steroid dienone is 1. The normalized spacial score (nSPS) is 14.9. The van der Waals surface area contributed by atoms with Gasteiger partial charge in [0.25, 0.3) is 11.6 Å². The van der Waals surface area contributed by atoms with Crippen molar-refractivity contribution in [3.63, 3.8) is 0 Å². The number of hydrogen-bond acceptors (Lipinski definition) is 5. The molecule has 1 fully saturated rings. The summed E-state index contributed by atoms with van der Waals surface area (Å²) < 4.78 is 5.13. The van der Waals surface area contributed by atoms with Crippen molar-refractivity contribution < 1.29 is 19.6 Å². The first-order valence-corrected chi connectivity index (χ1v) is 6.60. The summed E-state index contributed by atoms with van der Waals surface area (Å²) in [5.41, 5.74) is 0.299. The lowest BCUT2D eigenvalue weighted by atomic mass is 10.2. The van der Waals surface area contributed by atoms with E-state index in [9.17, 15) is 20.0 Å². The monoisotopic (exact) mass is 302 g/mol. The highest BCUT2D eigenvalue weighted by Crippen LogP contribution is 2.12. The average molecular weight is 302 g/mol. The molecule has 7 nitrogen and oxygen atoms in total. The average Bonchev–Trinajstić information content (AvgIpc) is 2.54. The molecule has 1 saturated heterocycles. The first-order chi connectivity index (χ1) is 10.6. The molecule has 0 aromatic heterocycles.